The van der Waals surface area contributed by atoms with E-state index in [0.717, 1.165) is 42.2 Å². The Balaban J connectivity index is 1.96. The van der Waals surface area contributed by atoms with Crippen LogP contribution in [0.4, 0.5) is 0 Å². The number of aryl methyl sites for hydroxylation is 1. The number of aromatic nitrogens is 4. The molecule has 0 radical (unpaired) electrons. The number of hydrogen-bond acceptors (Lipinski definition) is 5. The van der Waals surface area contributed by atoms with E-state index in [4.69, 9.17) is 0 Å². The molecule has 0 aliphatic heterocycles. The molecule has 4 nitrogen and oxygen atoms in total. The van der Waals surface area contributed by atoms with Gasteiger partial charge >= 0.3 is 0 Å². The summed E-state index contributed by atoms with van der Waals surface area (Å²) in [6, 6.07) is 0. The molecule has 1 atom stereocenters. The Morgan fingerprint density at radius 2 is 1.67 bits per heavy atom. The predicted molar refractivity (Wildman–Crippen MR) is 101 cm³/mol. The number of nitrogens with zero attached hydrogens (tertiary/aromatic N) is 4. The second-order valence-electron chi connectivity index (χ2n) is 6.95. The molecule has 1 unspecified atom stereocenters. The molecular weight excluding hydrogens is 316 g/mol. The number of rotatable bonds is 8. The largest absolute Gasteiger partial charge is 0.241 e. The van der Waals surface area contributed by atoms with Crippen LogP contribution in [0.1, 0.15) is 70.1 Å². The number of thioether (sulfide) groups is 1. The Bertz CT molecular complexity index is 623. The van der Waals surface area contributed by atoms with Gasteiger partial charge in [0.05, 0.1) is 0 Å². The maximum atomic E-state index is 4.55. The average Bonchev–Trinajstić information content (AvgIpc) is 2.61. The van der Waals surface area contributed by atoms with Crippen LogP contribution in [0.5, 0.6) is 0 Å². The van der Waals surface area contributed by atoms with E-state index in [1.807, 2.05) is 31.0 Å². The zero-order valence-corrected chi connectivity index (χ0v) is 16.2. The van der Waals surface area contributed by atoms with E-state index in [1.54, 1.807) is 11.8 Å². The highest BCUT2D eigenvalue weighted by Crippen LogP contribution is 2.30. The highest BCUT2D eigenvalue weighted by atomic mass is 32.2. The maximum Gasteiger partial charge on any atom is 0.133 e. The third-order valence-electron chi connectivity index (χ3n) is 4.44. The Kier molecular flexibility index (Phi) is 6.72. The topological polar surface area (TPSA) is 51.6 Å². The van der Waals surface area contributed by atoms with Gasteiger partial charge in [0.15, 0.2) is 0 Å². The normalized spacial score (nSPS) is 13.0. The van der Waals surface area contributed by atoms with Crippen LogP contribution in [0, 0.1) is 0 Å². The second-order valence-corrected chi connectivity index (χ2v) is 7.83. The highest BCUT2D eigenvalue weighted by molar-refractivity contribution is 7.98. The molecule has 2 rings (SSSR count). The van der Waals surface area contributed by atoms with E-state index in [2.05, 4.69) is 47.6 Å². The molecule has 0 spiro atoms. The molecule has 0 aliphatic rings. The van der Waals surface area contributed by atoms with Crippen molar-refractivity contribution in [1.29, 1.82) is 0 Å². The van der Waals surface area contributed by atoms with Gasteiger partial charge in [0.1, 0.15) is 11.6 Å². The molecular formula is C19H28N4S. The molecule has 130 valence electrons. The van der Waals surface area contributed by atoms with Crippen molar-refractivity contribution in [3.05, 3.63) is 42.0 Å². The number of hydrogen-bond donors (Lipinski definition) is 0. The molecule has 0 amide bonds. The lowest BCUT2D eigenvalue weighted by Gasteiger charge is -2.24. The van der Waals surface area contributed by atoms with Crippen LogP contribution in [0.3, 0.4) is 0 Å². The van der Waals surface area contributed by atoms with Gasteiger partial charge in [0.2, 0.25) is 0 Å². The van der Waals surface area contributed by atoms with Crippen molar-refractivity contribution in [2.45, 2.75) is 69.6 Å². The minimum absolute atomic E-state index is 0.0335. The molecule has 2 aromatic heterocycles. The van der Waals surface area contributed by atoms with E-state index in [1.165, 1.54) is 5.56 Å². The lowest BCUT2D eigenvalue weighted by atomic mass is 9.83. The van der Waals surface area contributed by atoms with E-state index in [-0.39, 0.29) is 5.41 Å². The minimum atomic E-state index is -0.0335. The molecule has 24 heavy (non-hydrogen) atoms. The summed E-state index contributed by atoms with van der Waals surface area (Å²) in [7, 11) is 0. The van der Waals surface area contributed by atoms with Gasteiger partial charge in [-0.2, -0.15) is 0 Å². The van der Waals surface area contributed by atoms with E-state index in [9.17, 15) is 0 Å². The smallest absolute Gasteiger partial charge is 0.133 e. The fourth-order valence-corrected chi connectivity index (χ4v) is 2.92. The second kappa shape index (κ2) is 8.56. The monoisotopic (exact) mass is 344 g/mol. The first kappa shape index (κ1) is 18.8. The summed E-state index contributed by atoms with van der Waals surface area (Å²) in [4.78, 5) is 19.1. The molecule has 0 saturated carbocycles. The third-order valence-corrected chi connectivity index (χ3v) is 5.12. The first-order valence-electron chi connectivity index (χ1n) is 8.63. The minimum Gasteiger partial charge on any atom is -0.241 e. The predicted octanol–water partition coefficient (Wildman–Crippen LogP) is 4.80. The first-order valence-corrected chi connectivity index (χ1v) is 9.86. The Hall–Kier alpha value is -1.49. The molecule has 2 aromatic rings. The fourth-order valence-electron chi connectivity index (χ4n) is 2.60. The summed E-state index contributed by atoms with van der Waals surface area (Å²) < 4.78 is 0. The van der Waals surface area contributed by atoms with Gasteiger partial charge in [-0.05, 0) is 37.0 Å². The molecule has 0 saturated heterocycles. The van der Waals surface area contributed by atoms with Crippen molar-refractivity contribution in [1.82, 2.24) is 19.9 Å². The molecule has 5 heteroatoms. The summed E-state index contributed by atoms with van der Waals surface area (Å²) in [6.07, 6.45) is 14.0. The zero-order valence-electron chi connectivity index (χ0n) is 15.4. The summed E-state index contributed by atoms with van der Waals surface area (Å²) >= 11 is 1.67. The Labute approximate surface area is 150 Å². The molecule has 0 fully saturated rings. The molecule has 0 N–H and O–H groups in total. The summed E-state index contributed by atoms with van der Waals surface area (Å²) in [6.45, 7) is 8.82. The van der Waals surface area contributed by atoms with Gasteiger partial charge in [-0.15, -0.1) is 11.8 Å². The highest BCUT2D eigenvalue weighted by Gasteiger charge is 2.24. The zero-order chi connectivity index (χ0) is 17.6. The van der Waals surface area contributed by atoms with Crippen LogP contribution < -0.4 is 0 Å². The van der Waals surface area contributed by atoms with Gasteiger partial charge in [-0.3, -0.25) is 0 Å². The SMILES string of the molecule is CCCc1ncc(C(C)CCC(C)(C)c2ncc(SC)cn2)cn1. The van der Waals surface area contributed by atoms with Crippen molar-refractivity contribution in [2.75, 3.05) is 6.26 Å². The van der Waals surface area contributed by atoms with E-state index < -0.39 is 0 Å². The van der Waals surface area contributed by atoms with Crippen molar-refractivity contribution in [2.24, 2.45) is 0 Å². The van der Waals surface area contributed by atoms with Gasteiger partial charge in [0, 0.05) is 41.5 Å². The average molecular weight is 345 g/mol. The molecule has 0 aromatic carbocycles. The third kappa shape index (κ3) is 5.00. The van der Waals surface area contributed by atoms with Gasteiger partial charge in [-0.25, -0.2) is 19.9 Å². The quantitative estimate of drug-likeness (QED) is 0.644. The van der Waals surface area contributed by atoms with Crippen molar-refractivity contribution < 1.29 is 0 Å². The fraction of sp³-hybridized carbons (Fsp3) is 0.579. The van der Waals surface area contributed by atoms with Crippen LogP contribution >= 0.6 is 11.8 Å². The van der Waals surface area contributed by atoms with Gasteiger partial charge in [0.25, 0.3) is 0 Å². The lowest BCUT2D eigenvalue weighted by Crippen LogP contribution is -2.21. The maximum absolute atomic E-state index is 4.55. The van der Waals surface area contributed by atoms with Crippen molar-refractivity contribution >= 4 is 11.8 Å². The van der Waals surface area contributed by atoms with Crippen LogP contribution in [-0.2, 0) is 11.8 Å². The van der Waals surface area contributed by atoms with Crippen molar-refractivity contribution in [3.8, 4) is 0 Å². The first-order chi connectivity index (χ1) is 11.5. The standard InChI is InChI=1S/C19H28N4S/c1-6-7-17-20-10-15(11-21-17)14(2)8-9-19(3,4)18-22-12-16(24-5)13-23-18/h10-14H,6-9H2,1-5H3. The summed E-state index contributed by atoms with van der Waals surface area (Å²) in [5.41, 5.74) is 1.18. The van der Waals surface area contributed by atoms with Crippen molar-refractivity contribution in [3.63, 3.8) is 0 Å². The Morgan fingerprint density at radius 3 is 2.21 bits per heavy atom. The summed E-state index contributed by atoms with van der Waals surface area (Å²) in [5.74, 6) is 2.29. The van der Waals surface area contributed by atoms with Crippen LogP contribution in [0.2, 0.25) is 0 Å². The van der Waals surface area contributed by atoms with Gasteiger partial charge < -0.3 is 0 Å². The summed E-state index contributed by atoms with van der Waals surface area (Å²) in [5, 5.41) is 0. The van der Waals surface area contributed by atoms with Gasteiger partial charge in [-0.1, -0.05) is 27.7 Å². The molecule has 2 heterocycles. The van der Waals surface area contributed by atoms with E-state index in [0.29, 0.717) is 5.92 Å². The Morgan fingerprint density at radius 1 is 1.04 bits per heavy atom. The van der Waals surface area contributed by atoms with E-state index >= 15 is 0 Å². The van der Waals surface area contributed by atoms with Crippen LogP contribution in [0.25, 0.3) is 0 Å². The molecule has 0 bridgehead atoms. The lowest BCUT2D eigenvalue weighted by molar-refractivity contribution is 0.415. The molecule has 0 aliphatic carbocycles. The van der Waals surface area contributed by atoms with Crippen LogP contribution in [0.15, 0.2) is 29.7 Å². The van der Waals surface area contributed by atoms with Crippen LogP contribution in [-0.4, -0.2) is 26.2 Å².